The van der Waals surface area contributed by atoms with Gasteiger partial charge in [-0.25, -0.2) is 4.79 Å². The Kier molecular flexibility index (Phi) is 5.16. The van der Waals surface area contributed by atoms with Crippen molar-refractivity contribution < 1.29 is 14.3 Å². The molecule has 1 aliphatic heterocycles. The van der Waals surface area contributed by atoms with Crippen LogP contribution in [0.25, 0.3) is 10.9 Å². The van der Waals surface area contributed by atoms with Crippen molar-refractivity contribution in [2.24, 2.45) is 5.92 Å². The molecule has 25 heavy (non-hydrogen) atoms. The minimum Gasteiger partial charge on any atom is -0.450 e. The first-order valence-corrected chi connectivity index (χ1v) is 8.67. The van der Waals surface area contributed by atoms with E-state index in [9.17, 15) is 9.59 Å². The average molecular weight is 341 g/mol. The maximum Gasteiger partial charge on any atom is 0.409 e. The zero-order valence-corrected chi connectivity index (χ0v) is 14.6. The zero-order chi connectivity index (χ0) is 17.8. The molecule has 2 amide bonds. The second-order valence-electron chi connectivity index (χ2n) is 6.30. The van der Waals surface area contributed by atoms with Gasteiger partial charge in [-0.2, -0.15) is 0 Å². The third-order valence-corrected chi connectivity index (χ3v) is 4.44. The standard InChI is InChI=1S/C19H23N3O3/c1-3-25-19(24)22-11-5-7-15(12-22)18(23)21-16-8-4-6-14-10-9-13(2)20-17(14)16/h4,6,8-10,15H,3,5,7,11-12H2,1-2H3,(H,21,23). The summed E-state index contributed by atoms with van der Waals surface area (Å²) in [7, 11) is 0. The highest BCUT2D eigenvalue weighted by Gasteiger charge is 2.29. The van der Waals surface area contributed by atoms with E-state index in [0.29, 0.717) is 25.4 Å². The molecule has 0 bridgehead atoms. The number of piperidine rings is 1. The number of rotatable bonds is 3. The fourth-order valence-corrected chi connectivity index (χ4v) is 3.15. The molecule has 1 aromatic carbocycles. The largest absolute Gasteiger partial charge is 0.450 e. The summed E-state index contributed by atoms with van der Waals surface area (Å²) in [6.07, 6.45) is 1.21. The monoisotopic (exact) mass is 341 g/mol. The van der Waals surface area contributed by atoms with Crippen molar-refractivity contribution in [3.63, 3.8) is 0 Å². The van der Waals surface area contributed by atoms with Gasteiger partial charge in [-0.05, 0) is 38.8 Å². The van der Waals surface area contributed by atoms with Crippen LogP contribution < -0.4 is 5.32 Å². The van der Waals surface area contributed by atoms with Gasteiger partial charge < -0.3 is 15.0 Å². The molecule has 1 aliphatic rings. The number of aryl methyl sites for hydroxylation is 1. The van der Waals surface area contributed by atoms with Gasteiger partial charge in [0.25, 0.3) is 0 Å². The summed E-state index contributed by atoms with van der Waals surface area (Å²) in [4.78, 5) is 30.8. The maximum atomic E-state index is 12.7. The van der Waals surface area contributed by atoms with Crippen molar-refractivity contribution in [2.75, 3.05) is 25.0 Å². The molecule has 132 valence electrons. The van der Waals surface area contributed by atoms with Gasteiger partial charge in [0.05, 0.1) is 23.7 Å². The van der Waals surface area contributed by atoms with Crippen LogP contribution in [0.4, 0.5) is 10.5 Å². The third-order valence-electron chi connectivity index (χ3n) is 4.44. The molecule has 1 saturated heterocycles. The number of ether oxygens (including phenoxy) is 1. The number of aromatic nitrogens is 1. The number of likely N-dealkylation sites (tertiary alicyclic amines) is 1. The topological polar surface area (TPSA) is 71.5 Å². The molecule has 3 rings (SSSR count). The number of hydrogen-bond donors (Lipinski definition) is 1. The van der Waals surface area contributed by atoms with Crippen molar-refractivity contribution in [3.05, 3.63) is 36.0 Å². The van der Waals surface area contributed by atoms with E-state index in [0.717, 1.165) is 29.4 Å². The fourth-order valence-electron chi connectivity index (χ4n) is 3.15. The fraction of sp³-hybridized carbons (Fsp3) is 0.421. The van der Waals surface area contributed by atoms with E-state index < -0.39 is 0 Å². The summed E-state index contributed by atoms with van der Waals surface area (Å²) in [5, 5.41) is 3.98. The van der Waals surface area contributed by atoms with E-state index in [1.807, 2.05) is 37.3 Å². The minimum absolute atomic E-state index is 0.0789. The molecule has 6 heteroatoms. The van der Waals surface area contributed by atoms with Gasteiger partial charge in [0, 0.05) is 24.2 Å². The van der Waals surface area contributed by atoms with Crippen molar-refractivity contribution in [1.82, 2.24) is 9.88 Å². The first-order chi connectivity index (χ1) is 12.1. The van der Waals surface area contributed by atoms with Crippen LogP contribution >= 0.6 is 0 Å². The Balaban J connectivity index is 1.74. The van der Waals surface area contributed by atoms with Crippen LogP contribution in [0.2, 0.25) is 0 Å². The zero-order valence-electron chi connectivity index (χ0n) is 14.6. The first-order valence-electron chi connectivity index (χ1n) is 8.67. The molecule has 0 aliphatic carbocycles. The second kappa shape index (κ2) is 7.51. The average Bonchev–Trinajstić information content (AvgIpc) is 2.62. The van der Waals surface area contributed by atoms with Crippen molar-refractivity contribution in [3.8, 4) is 0 Å². The molecule has 1 N–H and O–H groups in total. The van der Waals surface area contributed by atoms with Crippen LogP contribution in [-0.2, 0) is 9.53 Å². The van der Waals surface area contributed by atoms with Crippen LogP contribution in [0.5, 0.6) is 0 Å². The van der Waals surface area contributed by atoms with Gasteiger partial charge in [0.2, 0.25) is 5.91 Å². The summed E-state index contributed by atoms with van der Waals surface area (Å²) in [5.41, 5.74) is 2.40. The summed E-state index contributed by atoms with van der Waals surface area (Å²) < 4.78 is 5.04. The molecule has 1 aromatic heterocycles. The number of pyridine rings is 1. The van der Waals surface area contributed by atoms with Crippen molar-refractivity contribution in [2.45, 2.75) is 26.7 Å². The lowest BCUT2D eigenvalue weighted by molar-refractivity contribution is -0.121. The van der Waals surface area contributed by atoms with Crippen LogP contribution in [0.1, 0.15) is 25.5 Å². The second-order valence-corrected chi connectivity index (χ2v) is 6.30. The minimum atomic E-state index is -0.345. The predicted molar refractivity (Wildman–Crippen MR) is 96.4 cm³/mol. The number of hydrogen-bond acceptors (Lipinski definition) is 4. The summed E-state index contributed by atoms with van der Waals surface area (Å²) >= 11 is 0. The molecule has 0 spiro atoms. The molecule has 1 atom stereocenters. The highest BCUT2D eigenvalue weighted by atomic mass is 16.6. The quantitative estimate of drug-likeness (QED) is 0.929. The number of fused-ring (bicyclic) bond motifs is 1. The highest BCUT2D eigenvalue weighted by Crippen LogP contribution is 2.24. The number of carbonyl (C=O) groups excluding carboxylic acids is 2. The van der Waals surface area contributed by atoms with Crippen molar-refractivity contribution >= 4 is 28.6 Å². The normalized spacial score (nSPS) is 17.4. The number of para-hydroxylation sites is 1. The van der Waals surface area contributed by atoms with Gasteiger partial charge >= 0.3 is 6.09 Å². The maximum absolute atomic E-state index is 12.7. The number of nitrogens with one attached hydrogen (secondary N) is 1. The Morgan fingerprint density at radius 2 is 2.16 bits per heavy atom. The molecule has 0 saturated carbocycles. The van der Waals surface area contributed by atoms with Crippen LogP contribution in [-0.4, -0.2) is 41.6 Å². The van der Waals surface area contributed by atoms with E-state index in [4.69, 9.17) is 4.74 Å². The van der Waals surface area contributed by atoms with Crippen molar-refractivity contribution in [1.29, 1.82) is 0 Å². The third kappa shape index (κ3) is 3.90. The Morgan fingerprint density at radius 1 is 1.32 bits per heavy atom. The Hall–Kier alpha value is -2.63. The van der Waals surface area contributed by atoms with E-state index in [2.05, 4.69) is 10.3 Å². The first kappa shape index (κ1) is 17.2. The lowest BCUT2D eigenvalue weighted by atomic mass is 9.97. The lowest BCUT2D eigenvalue weighted by Gasteiger charge is -2.31. The van der Waals surface area contributed by atoms with Gasteiger partial charge in [-0.3, -0.25) is 9.78 Å². The Labute approximate surface area is 147 Å². The molecular weight excluding hydrogens is 318 g/mol. The van der Waals surface area contributed by atoms with Gasteiger partial charge in [-0.1, -0.05) is 18.2 Å². The SMILES string of the molecule is CCOC(=O)N1CCCC(C(=O)Nc2cccc3ccc(C)nc23)C1. The molecule has 6 nitrogen and oxygen atoms in total. The molecule has 1 fully saturated rings. The van der Waals surface area contributed by atoms with Crippen LogP contribution in [0.3, 0.4) is 0 Å². The number of carbonyl (C=O) groups is 2. The Morgan fingerprint density at radius 3 is 2.96 bits per heavy atom. The lowest BCUT2D eigenvalue weighted by Crippen LogP contribution is -2.44. The molecular formula is C19H23N3O3. The van der Waals surface area contributed by atoms with E-state index >= 15 is 0 Å². The van der Waals surface area contributed by atoms with E-state index in [1.165, 1.54) is 0 Å². The van der Waals surface area contributed by atoms with Crippen LogP contribution in [0, 0.1) is 12.8 Å². The van der Waals surface area contributed by atoms with Gasteiger partial charge in [0.1, 0.15) is 0 Å². The van der Waals surface area contributed by atoms with Gasteiger partial charge in [-0.15, -0.1) is 0 Å². The summed E-state index contributed by atoms with van der Waals surface area (Å²) in [5.74, 6) is -0.317. The smallest absolute Gasteiger partial charge is 0.409 e. The number of amides is 2. The summed E-state index contributed by atoms with van der Waals surface area (Å²) in [6.45, 7) is 5.07. The Bertz CT molecular complexity index is 791. The van der Waals surface area contributed by atoms with E-state index in [1.54, 1.807) is 11.8 Å². The summed E-state index contributed by atoms with van der Waals surface area (Å²) in [6, 6.07) is 9.68. The number of nitrogens with zero attached hydrogens (tertiary/aromatic N) is 2. The number of anilines is 1. The highest BCUT2D eigenvalue weighted by molar-refractivity contribution is 6.01. The van der Waals surface area contributed by atoms with E-state index in [-0.39, 0.29) is 17.9 Å². The molecule has 2 heterocycles. The van der Waals surface area contributed by atoms with Gasteiger partial charge in [0.15, 0.2) is 0 Å². The number of benzene rings is 1. The molecule has 1 unspecified atom stereocenters. The predicted octanol–water partition coefficient (Wildman–Crippen LogP) is 3.35. The van der Waals surface area contributed by atoms with Crippen LogP contribution in [0.15, 0.2) is 30.3 Å². The molecule has 0 radical (unpaired) electrons. The molecule has 2 aromatic rings.